The molecule has 0 saturated carbocycles. The first-order chi connectivity index (χ1) is 12.1. The molecule has 0 N–H and O–H groups in total. The lowest BCUT2D eigenvalue weighted by Gasteiger charge is -2.30. The summed E-state index contributed by atoms with van der Waals surface area (Å²) < 4.78 is 12.4. The number of benzene rings is 1. The summed E-state index contributed by atoms with van der Waals surface area (Å²) in [5.41, 5.74) is 0.691. The molecule has 134 valence electrons. The lowest BCUT2D eigenvalue weighted by Crippen LogP contribution is -2.39. The molecule has 1 amide bonds. The van der Waals surface area contributed by atoms with Gasteiger partial charge in [-0.25, -0.2) is 4.68 Å². The highest BCUT2D eigenvalue weighted by molar-refractivity contribution is 5.75. The van der Waals surface area contributed by atoms with E-state index in [0.29, 0.717) is 18.2 Å². The van der Waals surface area contributed by atoms with Crippen LogP contribution in [-0.2, 0) is 17.9 Å². The van der Waals surface area contributed by atoms with E-state index in [1.54, 1.807) is 18.0 Å². The van der Waals surface area contributed by atoms with Gasteiger partial charge in [-0.05, 0) is 43.0 Å². The number of rotatable bonds is 6. The van der Waals surface area contributed by atoms with Crippen molar-refractivity contribution in [3.05, 3.63) is 36.2 Å². The lowest BCUT2D eigenvalue weighted by molar-refractivity contribution is -0.133. The van der Waals surface area contributed by atoms with E-state index in [-0.39, 0.29) is 12.5 Å². The van der Waals surface area contributed by atoms with Crippen LogP contribution in [0.2, 0.25) is 0 Å². The Morgan fingerprint density at radius 2 is 1.88 bits per heavy atom. The third-order valence-corrected chi connectivity index (χ3v) is 4.47. The highest BCUT2D eigenvalue weighted by Crippen LogP contribution is 2.18. The first kappa shape index (κ1) is 17.3. The van der Waals surface area contributed by atoms with Crippen LogP contribution in [0.4, 0.5) is 0 Å². The number of carbonyl (C=O) groups excluding carboxylic acids is 1. The molecule has 0 radical (unpaired) electrons. The fraction of sp³-hybridized carbons (Fsp3) is 0.500. The standard InChI is InChI=1S/C18H24N4O3/c1-14-7-9-21(10-8-14)18(23)12-22-11-15(19-20-22)13-25-17-5-3-16(24-2)4-6-17/h3-6,11,14H,7-10,12-13H2,1-2H3. The number of likely N-dealkylation sites (tertiary alicyclic amines) is 1. The van der Waals surface area contributed by atoms with Gasteiger partial charge in [0.2, 0.25) is 5.91 Å². The molecule has 1 aliphatic heterocycles. The summed E-state index contributed by atoms with van der Waals surface area (Å²) in [7, 11) is 1.62. The van der Waals surface area contributed by atoms with Gasteiger partial charge in [0, 0.05) is 13.1 Å². The molecule has 1 fully saturated rings. The molecule has 3 rings (SSSR count). The zero-order valence-corrected chi connectivity index (χ0v) is 14.7. The third kappa shape index (κ3) is 4.71. The van der Waals surface area contributed by atoms with Gasteiger partial charge in [-0.1, -0.05) is 12.1 Å². The van der Waals surface area contributed by atoms with E-state index in [9.17, 15) is 4.79 Å². The molecular weight excluding hydrogens is 320 g/mol. The minimum atomic E-state index is 0.0967. The first-order valence-electron chi connectivity index (χ1n) is 8.57. The second kappa shape index (κ2) is 8.00. The van der Waals surface area contributed by atoms with Crippen molar-refractivity contribution in [3.63, 3.8) is 0 Å². The van der Waals surface area contributed by atoms with Crippen LogP contribution in [0.25, 0.3) is 0 Å². The fourth-order valence-electron chi connectivity index (χ4n) is 2.81. The minimum absolute atomic E-state index is 0.0967. The van der Waals surface area contributed by atoms with Gasteiger partial charge >= 0.3 is 0 Å². The number of piperidine rings is 1. The Hall–Kier alpha value is -2.57. The maximum Gasteiger partial charge on any atom is 0.244 e. The summed E-state index contributed by atoms with van der Waals surface area (Å²) in [5.74, 6) is 2.31. The molecule has 7 nitrogen and oxygen atoms in total. The van der Waals surface area contributed by atoms with E-state index >= 15 is 0 Å². The van der Waals surface area contributed by atoms with E-state index in [2.05, 4.69) is 17.2 Å². The monoisotopic (exact) mass is 344 g/mol. The second-order valence-corrected chi connectivity index (χ2v) is 6.43. The zero-order chi connectivity index (χ0) is 17.6. The molecule has 1 aromatic carbocycles. The molecule has 1 aromatic heterocycles. The van der Waals surface area contributed by atoms with Gasteiger partial charge in [0.15, 0.2) is 0 Å². The summed E-state index contributed by atoms with van der Waals surface area (Å²) >= 11 is 0. The molecule has 0 aliphatic carbocycles. The largest absolute Gasteiger partial charge is 0.497 e. The average Bonchev–Trinajstić information content (AvgIpc) is 3.08. The number of hydrogen-bond acceptors (Lipinski definition) is 5. The maximum atomic E-state index is 12.3. The molecule has 25 heavy (non-hydrogen) atoms. The van der Waals surface area contributed by atoms with Crippen LogP contribution < -0.4 is 9.47 Å². The Balaban J connectivity index is 1.49. The predicted molar refractivity (Wildman–Crippen MR) is 92.3 cm³/mol. The summed E-state index contributed by atoms with van der Waals surface area (Å²) in [4.78, 5) is 14.2. The average molecular weight is 344 g/mol. The van der Waals surface area contributed by atoms with Crippen LogP contribution in [0, 0.1) is 5.92 Å². The normalized spacial score (nSPS) is 15.2. The van der Waals surface area contributed by atoms with Crippen molar-refractivity contribution in [3.8, 4) is 11.5 Å². The van der Waals surface area contributed by atoms with E-state index < -0.39 is 0 Å². The number of carbonyl (C=O) groups is 1. The quantitative estimate of drug-likeness (QED) is 0.803. The fourth-order valence-corrected chi connectivity index (χ4v) is 2.81. The smallest absolute Gasteiger partial charge is 0.244 e. The predicted octanol–water partition coefficient (Wildman–Crippen LogP) is 2.12. The number of nitrogens with zero attached hydrogens (tertiary/aromatic N) is 4. The molecule has 2 aromatic rings. The highest BCUT2D eigenvalue weighted by Gasteiger charge is 2.20. The van der Waals surface area contributed by atoms with Crippen LogP contribution in [0.3, 0.4) is 0 Å². The summed E-state index contributed by atoms with van der Waals surface area (Å²) in [6, 6.07) is 7.35. The number of methoxy groups -OCH3 is 1. The Kier molecular flexibility index (Phi) is 5.53. The topological polar surface area (TPSA) is 69.5 Å². The molecule has 0 unspecified atom stereocenters. The third-order valence-electron chi connectivity index (χ3n) is 4.47. The summed E-state index contributed by atoms with van der Waals surface area (Å²) in [6.45, 7) is 4.43. The number of aromatic nitrogens is 3. The van der Waals surface area contributed by atoms with Gasteiger partial charge < -0.3 is 14.4 Å². The molecule has 0 atom stereocenters. The van der Waals surface area contributed by atoms with Crippen molar-refractivity contribution in [2.24, 2.45) is 5.92 Å². The van der Waals surface area contributed by atoms with Crippen LogP contribution >= 0.6 is 0 Å². The number of ether oxygens (including phenoxy) is 2. The molecule has 2 heterocycles. The van der Waals surface area contributed by atoms with Gasteiger partial charge in [-0.15, -0.1) is 5.10 Å². The molecule has 1 aliphatic rings. The number of amides is 1. The molecule has 0 spiro atoms. The van der Waals surface area contributed by atoms with Crippen molar-refractivity contribution in [1.82, 2.24) is 19.9 Å². The van der Waals surface area contributed by atoms with Crippen LogP contribution in [-0.4, -0.2) is 46.0 Å². The van der Waals surface area contributed by atoms with Crippen LogP contribution in [0.15, 0.2) is 30.5 Å². The second-order valence-electron chi connectivity index (χ2n) is 6.43. The Morgan fingerprint density at radius 1 is 1.20 bits per heavy atom. The van der Waals surface area contributed by atoms with Crippen LogP contribution in [0.5, 0.6) is 11.5 Å². The molecular formula is C18H24N4O3. The van der Waals surface area contributed by atoms with Crippen molar-refractivity contribution >= 4 is 5.91 Å². The SMILES string of the molecule is COc1ccc(OCc2cn(CC(=O)N3CCC(C)CC3)nn2)cc1. The number of hydrogen-bond donors (Lipinski definition) is 0. The van der Waals surface area contributed by atoms with E-state index in [4.69, 9.17) is 9.47 Å². The van der Waals surface area contributed by atoms with E-state index in [0.717, 1.165) is 37.4 Å². The Labute approximate surface area is 147 Å². The maximum absolute atomic E-state index is 12.3. The van der Waals surface area contributed by atoms with Gasteiger partial charge in [0.05, 0.1) is 13.3 Å². The van der Waals surface area contributed by atoms with E-state index in [1.165, 1.54) is 0 Å². The Morgan fingerprint density at radius 3 is 2.56 bits per heavy atom. The summed E-state index contributed by atoms with van der Waals surface area (Å²) in [6.07, 6.45) is 3.90. The molecule has 1 saturated heterocycles. The van der Waals surface area contributed by atoms with Gasteiger partial charge in [0.25, 0.3) is 0 Å². The zero-order valence-electron chi connectivity index (χ0n) is 14.7. The van der Waals surface area contributed by atoms with E-state index in [1.807, 2.05) is 29.2 Å². The van der Waals surface area contributed by atoms with Gasteiger partial charge in [-0.2, -0.15) is 0 Å². The van der Waals surface area contributed by atoms with Crippen molar-refractivity contribution in [2.75, 3.05) is 20.2 Å². The summed E-state index contributed by atoms with van der Waals surface area (Å²) in [5, 5.41) is 8.09. The molecule has 0 bridgehead atoms. The minimum Gasteiger partial charge on any atom is -0.497 e. The lowest BCUT2D eigenvalue weighted by atomic mass is 9.99. The van der Waals surface area contributed by atoms with Gasteiger partial charge in [0.1, 0.15) is 30.3 Å². The van der Waals surface area contributed by atoms with Crippen molar-refractivity contribution in [2.45, 2.75) is 32.9 Å². The van der Waals surface area contributed by atoms with Gasteiger partial charge in [-0.3, -0.25) is 4.79 Å². The highest BCUT2D eigenvalue weighted by atomic mass is 16.5. The first-order valence-corrected chi connectivity index (χ1v) is 8.57. The Bertz CT molecular complexity index is 691. The van der Waals surface area contributed by atoms with Crippen molar-refractivity contribution in [1.29, 1.82) is 0 Å². The van der Waals surface area contributed by atoms with Crippen LogP contribution in [0.1, 0.15) is 25.5 Å². The van der Waals surface area contributed by atoms with Crippen molar-refractivity contribution < 1.29 is 14.3 Å². The molecule has 7 heteroatoms.